The van der Waals surface area contributed by atoms with Gasteiger partial charge in [-0.1, -0.05) is 27.5 Å². The lowest BCUT2D eigenvalue weighted by atomic mass is 9.92. The highest BCUT2D eigenvalue weighted by atomic mass is 79.9. The Hall–Kier alpha value is -1.01. The first kappa shape index (κ1) is 19.3. The van der Waals surface area contributed by atoms with Crippen LogP contribution in [-0.4, -0.2) is 41.7 Å². The summed E-state index contributed by atoms with van der Waals surface area (Å²) >= 11 is 11.2. The van der Waals surface area contributed by atoms with E-state index in [2.05, 4.69) is 20.8 Å². The molecule has 0 radical (unpaired) electrons. The third kappa shape index (κ3) is 3.93. The van der Waals surface area contributed by atoms with Gasteiger partial charge in [-0.3, -0.25) is 4.79 Å². The molecule has 0 unspecified atom stereocenters. The quantitative estimate of drug-likeness (QED) is 0.585. The molecule has 1 saturated heterocycles. The van der Waals surface area contributed by atoms with E-state index in [1.54, 1.807) is 11.8 Å². The number of ketones is 1. The summed E-state index contributed by atoms with van der Waals surface area (Å²) < 4.78 is 6.42. The monoisotopic (exact) mass is 465 g/mol. The van der Waals surface area contributed by atoms with Gasteiger partial charge in [-0.2, -0.15) is 0 Å². The van der Waals surface area contributed by atoms with Crippen LogP contribution >= 0.6 is 39.3 Å². The van der Waals surface area contributed by atoms with Crippen molar-refractivity contribution < 1.29 is 9.53 Å². The Labute approximate surface area is 177 Å². The van der Waals surface area contributed by atoms with Gasteiger partial charge in [0.1, 0.15) is 17.1 Å². The first-order valence-corrected chi connectivity index (χ1v) is 11.1. The molecule has 2 aliphatic rings. The fourth-order valence-electron chi connectivity index (χ4n) is 3.71. The number of hydrogen-bond acceptors (Lipinski definition) is 4. The van der Waals surface area contributed by atoms with Gasteiger partial charge in [-0.15, -0.1) is 11.8 Å². The molecule has 0 aliphatic carbocycles. The summed E-state index contributed by atoms with van der Waals surface area (Å²) in [5.41, 5.74) is 1.73. The van der Waals surface area contributed by atoms with Crippen molar-refractivity contribution in [1.29, 1.82) is 0 Å². The molecule has 0 aromatic heterocycles. The number of rotatable bonds is 4. The third-order valence-electron chi connectivity index (χ3n) is 5.18. The van der Waals surface area contributed by atoms with Crippen molar-refractivity contribution in [2.24, 2.45) is 0 Å². The number of ether oxygens (including phenoxy) is 1. The minimum Gasteiger partial charge on any atom is -0.491 e. The minimum atomic E-state index is -0.653. The SMILES string of the molecule is Cc1cc2c(cc1Br)C(=O)[C@@](CN1CCCC1)(Sc1ccc(Cl)cc1)CO2. The number of carbonyl (C=O) groups excluding carboxylic acids is 1. The molecule has 3 nitrogen and oxygen atoms in total. The van der Waals surface area contributed by atoms with Crippen LogP contribution in [0.2, 0.25) is 5.02 Å². The number of thioether (sulfide) groups is 1. The molecule has 0 spiro atoms. The molecule has 1 atom stereocenters. The lowest BCUT2D eigenvalue weighted by Gasteiger charge is -2.38. The van der Waals surface area contributed by atoms with Gasteiger partial charge in [0.05, 0.1) is 5.56 Å². The van der Waals surface area contributed by atoms with E-state index in [9.17, 15) is 4.79 Å². The van der Waals surface area contributed by atoms with Gasteiger partial charge >= 0.3 is 0 Å². The zero-order valence-electron chi connectivity index (χ0n) is 15.1. The van der Waals surface area contributed by atoms with Crippen LogP contribution in [-0.2, 0) is 0 Å². The van der Waals surface area contributed by atoms with Crippen LogP contribution in [0.3, 0.4) is 0 Å². The second kappa shape index (κ2) is 7.78. The largest absolute Gasteiger partial charge is 0.491 e. The Kier molecular flexibility index (Phi) is 5.57. The van der Waals surface area contributed by atoms with E-state index in [0.717, 1.165) is 28.0 Å². The zero-order valence-corrected chi connectivity index (χ0v) is 18.3. The fourth-order valence-corrected chi connectivity index (χ4v) is 5.47. The van der Waals surface area contributed by atoms with Crippen molar-refractivity contribution in [2.75, 3.05) is 26.2 Å². The van der Waals surface area contributed by atoms with Crippen LogP contribution in [0.4, 0.5) is 0 Å². The van der Waals surface area contributed by atoms with Crippen LogP contribution in [0.25, 0.3) is 0 Å². The standard InChI is InChI=1S/C21H21BrClNO2S/c1-14-10-19-17(11-18(14)22)20(25)21(13-26-19,12-24-8-2-3-9-24)27-16-6-4-15(23)5-7-16/h4-7,10-11H,2-3,8-9,12-13H2,1H3/t21-/m0/s1. The normalized spacial score (nSPS) is 22.6. The number of fused-ring (bicyclic) bond motifs is 1. The molecule has 6 heteroatoms. The number of nitrogens with zero attached hydrogens (tertiary/aromatic N) is 1. The van der Waals surface area contributed by atoms with Gasteiger partial charge in [-0.25, -0.2) is 0 Å². The van der Waals surface area contributed by atoms with Gasteiger partial charge < -0.3 is 9.64 Å². The molecule has 2 aliphatic heterocycles. The Balaban J connectivity index is 1.71. The first-order chi connectivity index (χ1) is 13.0. The predicted molar refractivity (Wildman–Crippen MR) is 114 cm³/mol. The maximum atomic E-state index is 13.7. The molecule has 0 bridgehead atoms. The van der Waals surface area contributed by atoms with E-state index < -0.39 is 4.75 Å². The van der Waals surface area contributed by atoms with E-state index in [1.165, 1.54) is 12.8 Å². The summed E-state index contributed by atoms with van der Waals surface area (Å²) in [4.78, 5) is 17.1. The van der Waals surface area contributed by atoms with Crippen LogP contribution < -0.4 is 4.74 Å². The van der Waals surface area contributed by atoms with Crippen LogP contribution in [0.1, 0.15) is 28.8 Å². The van der Waals surface area contributed by atoms with E-state index in [1.807, 2.05) is 43.3 Å². The molecule has 0 amide bonds. The number of aryl methyl sites for hydroxylation is 1. The van der Waals surface area contributed by atoms with Crippen molar-refractivity contribution in [3.05, 3.63) is 57.0 Å². The second-order valence-corrected chi connectivity index (χ2v) is 10.00. The summed E-state index contributed by atoms with van der Waals surface area (Å²) in [6.45, 7) is 5.17. The number of halogens is 2. The van der Waals surface area contributed by atoms with Gasteiger partial charge in [0, 0.05) is 20.9 Å². The zero-order chi connectivity index (χ0) is 19.0. The lowest BCUT2D eigenvalue weighted by molar-refractivity contribution is 0.0832. The highest BCUT2D eigenvalue weighted by Gasteiger charge is 2.47. The van der Waals surface area contributed by atoms with E-state index in [4.69, 9.17) is 16.3 Å². The van der Waals surface area contributed by atoms with Crippen LogP contribution in [0.5, 0.6) is 5.75 Å². The van der Waals surface area contributed by atoms with Gasteiger partial charge in [0.25, 0.3) is 0 Å². The number of likely N-dealkylation sites (tertiary alicyclic amines) is 1. The summed E-state index contributed by atoms with van der Waals surface area (Å²) in [7, 11) is 0. The van der Waals surface area contributed by atoms with Crippen molar-refractivity contribution in [2.45, 2.75) is 29.4 Å². The average molecular weight is 467 g/mol. The molecule has 2 aromatic rings. The number of hydrogen-bond donors (Lipinski definition) is 0. The smallest absolute Gasteiger partial charge is 0.187 e. The Morgan fingerprint density at radius 1 is 1.22 bits per heavy atom. The summed E-state index contributed by atoms with van der Waals surface area (Å²) in [6, 6.07) is 11.6. The number of benzene rings is 2. The summed E-state index contributed by atoms with van der Waals surface area (Å²) in [5.74, 6) is 0.839. The second-order valence-electron chi connectivity index (χ2n) is 7.25. The molecule has 2 aromatic carbocycles. The van der Waals surface area contributed by atoms with Crippen molar-refractivity contribution >= 4 is 45.1 Å². The van der Waals surface area contributed by atoms with Crippen molar-refractivity contribution in [3.8, 4) is 5.75 Å². The molecule has 142 valence electrons. The van der Waals surface area contributed by atoms with E-state index >= 15 is 0 Å². The molecular formula is C21H21BrClNO2S. The minimum absolute atomic E-state index is 0.149. The van der Waals surface area contributed by atoms with E-state index in [-0.39, 0.29) is 5.78 Å². The molecule has 0 N–H and O–H groups in total. The predicted octanol–water partition coefficient (Wildman–Crippen LogP) is 5.61. The molecule has 2 heterocycles. The molecule has 0 saturated carbocycles. The molecular weight excluding hydrogens is 446 g/mol. The first-order valence-electron chi connectivity index (χ1n) is 9.11. The highest BCUT2D eigenvalue weighted by Crippen LogP contribution is 2.43. The Morgan fingerprint density at radius 2 is 1.93 bits per heavy atom. The van der Waals surface area contributed by atoms with Gasteiger partial charge in [-0.05, 0) is 74.8 Å². The van der Waals surface area contributed by atoms with Crippen LogP contribution in [0, 0.1) is 6.92 Å². The Bertz CT molecular complexity index is 867. The molecule has 4 rings (SSSR count). The third-order valence-corrected chi connectivity index (χ3v) is 7.62. The van der Waals surface area contributed by atoms with Crippen molar-refractivity contribution in [1.82, 2.24) is 4.90 Å². The lowest BCUT2D eigenvalue weighted by Crippen LogP contribution is -2.52. The van der Waals surface area contributed by atoms with E-state index in [0.29, 0.717) is 29.5 Å². The topological polar surface area (TPSA) is 29.5 Å². The van der Waals surface area contributed by atoms with Gasteiger partial charge in [0.2, 0.25) is 0 Å². The fraction of sp³-hybridized carbons (Fsp3) is 0.381. The number of Topliss-reactive ketones (excluding diaryl/α,β-unsaturated/α-hetero) is 1. The van der Waals surface area contributed by atoms with Gasteiger partial charge in [0.15, 0.2) is 5.78 Å². The average Bonchev–Trinajstić information content (AvgIpc) is 3.15. The summed E-state index contributed by atoms with van der Waals surface area (Å²) in [5, 5.41) is 0.698. The highest BCUT2D eigenvalue weighted by molar-refractivity contribution is 9.10. The summed E-state index contributed by atoms with van der Waals surface area (Å²) in [6.07, 6.45) is 2.39. The Morgan fingerprint density at radius 3 is 2.63 bits per heavy atom. The van der Waals surface area contributed by atoms with Crippen LogP contribution in [0.15, 0.2) is 45.8 Å². The number of carbonyl (C=O) groups is 1. The maximum Gasteiger partial charge on any atom is 0.187 e. The molecule has 1 fully saturated rings. The van der Waals surface area contributed by atoms with Crippen molar-refractivity contribution in [3.63, 3.8) is 0 Å². The maximum absolute atomic E-state index is 13.7. The molecule has 27 heavy (non-hydrogen) atoms.